The van der Waals surface area contributed by atoms with Gasteiger partial charge >= 0.3 is 0 Å². The number of carbonyl (C=O) groups is 2. The van der Waals surface area contributed by atoms with E-state index in [1.165, 1.54) is 0 Å². The maximum absolute atomic E-state index is 13.4. The van der Waals surface area contributed by atoms with E-state index in [-0.39, 0.29) is 35.7 Å². The van der Waals surface area contributed by atoms with Gasteiger partial charge in [-0.05, 0) is 79.3 Å². The van der Waals surface area contributed by atoms with Crippen molar-refractivity contribution in [2.45, 2.75) is 86.2 Å². The normalized spacial score (nSPS) is 19.9. The van der Waals surface area contributed by atoms with Crippen molar-refractivity contribution >= 4 is 22.8 Å². The van der Waals surface area contributed by atoms with Crippen LogP contribution in [0.5, 0.6) is 0 Å². The topological polar surface area (TPSA) is 98.0 Å². The Kier molecular flexibility index (Phi) is 9.78. The molecule has 0 aliphatic carbocycles. The monoisotopic (exact) mass is 646 g/mol. The maximum atomic E-state index is 13.4. The molecule has 2 N–H and O–H groups in total. The van der Waals surface area contributed by atoms with Gasteiger partial charge in [0.25, 0.3) is 0 Å². The summed E-state index contributed by atoms with van der Waals surface area (Å²) in [4.78, 5) is 47.2. The molecular weight excluding hydrogens is 596 g/mol. The number of fused-ring (bicyclic) bond motifs is 1. The van der Waals surface area contributed by atoms with Crippen molar-refractivity contribution in [3.63, 3.8) is 0 Å². The van der Waals surface area contributed by atoms with Crippen LogP contribution in [0.15, 0.2) is 48.7 Å². The molecule has 0 spiro atoms. The molecule has 2 aliphatic heterocycles. The number of nitrogens with zero attached hydrogens (tertiary/aromatic N) is 4. The van der Waals surface area contributed by atoms with Crippen LogP contribution in [0.25, 0.3) is 22.3 Å². The highest BCUT2D eigenvalue weighted by Gasteiger charge is 2.37. The number of nitrogens with one attached hydrogen (secondary N) is 2. The van der Waals surface area contributed by atoms with Crippen LogP contribution in [0, 0.1) is 41.4 Å². The molecule has 5 unspecified atom stereocenters. The zero-order chi connectivity index (χ0) is 34.1. The second-order valence-corrected chi connectivity index (χ2v) is 14.7. The molecule has 4 aromatic rings. The average Bonchev–Trinajstić information content (AvgIpc) is 3.91. The van der Waals surface area contributed by atoms with E-state index in [9.17, 15) is 9.59 Å². The third kappa shape index (κ3) is 6.78. The molecule has 2 aromatic carbocycles. The number of likely N-dealkylation sites (tertiary alicyclic amines) is 2. The van der Waals surface area contributed by atoms with Gasteiger partial charge in [0.05, 0.1) is 35.0 Å². The highest BCUT2D eigenvalue weighted by atomic mass is 16.2. The van der Waals surface area contributed by atoms with Crippen molar-refractivity contribution < 1.29 is 9.59 Å². The van der Waals surface area contributed by atoms with E-state index in [4.69, 9.17) is 9.97 Å². The first-order valence-electron chi connectivity index (χ1n) is 17.8. The van der Waals surface area contributed by atoms with E-state index >= 15 is 0 Å². The summed E-state index contributed by atoms with van der Waals surface area (Å²) < 4.78 is 0. The summed E-state index contributed by atoms with van der Waals surface area (Å²) in [6, 6.07) is 14.2. The number of imidazole rings is 2. The van der Waals surface area contributed by atoms with Crippen molar-refractivity contribution in [2.75, 3.05) is 13.1 Å². The number of aromatic nitrogens is 4. The molecule has 2 fully saturated rings. The van der Waals surface area contributed by atoms with E-state index in [2.05, 4.69) is 75.5 Å². The highest BCUT2D eigenvalue weighted by Crippen LogP contribution is 2.36. The summed E-state index contributed by atoms with van der Waals surface area (Å²) in [5, 5.41) is 0. The minimum absolute atomic E-state index is 0.000226. The zero-order valence-electron chi connectivity index (χ0n) is 29.5. The number of aromatic amines is 2. The lowest BCUT2D eigenvalue weighted by Gasteiger charge is -2.30. The van der Waals surface area contributed by atoms with Crippen LogP contribution in [0.3, 0.4) is 0 Å². The molecule has 8 heteroatoms. The summed E-state index contributed by atoms with van der Waals surface area (Å²) in [5.74, 6) is 9.87. The van der Waals surface area contributed by atoms with Gasteiger partial charge in [0.1, 0.15) is 11.6 Å². The van der Waals surface area contributed by atoms with Crippen LogP contribution in [0.1, 0.15) is 109 Å². The molecule has 2 aliphatic rings. The molecule has 48 heavy (non-hydrogen) atoms. The Morgan fingerprint density at radius 1 is 0.750 bits per heavy atom. The first-order valence-corrected chi connectivity index (χ1v) is 17.8. The lowest BCUT2D eigenvalue weighted by Crippen LogP contribution is -2.38. The predicted molar refractivity (Wildman–Crippen MR) is 191 cm³/mol. The van der Waals surface area contributed by atoms with E-state index in [0.717, 1.165) is 83.8 Å². The molecule has 2 aromatic heterocycles. The molecule has 8 nitrogen and oxygen atoms in total. The van der Waals surface area contributed by atoms with Crippen LogP contribution in [-0.4, -0.2) is 54.6 Å². The van der Waals surface area contributed by atoms with Crippen LogP contribution in [0.4, 0.5) is 0 Å². The Balaban J connectivity index is 1.13. The Morgan fingerprint density at radius 3 is 2.00 bits per heavy atom. The SMILES string of the molecule is CC(C)C(C)C(=O)N1CCCC1c1ncc(-c2ccc(C#Cc3ccc4nc(C5CCCN5C(=O)C(C)C(C)C(C)C)[nH]c4c3)cc2)[nH]1. The van der Waals surface area contributed by atoms with E-state index in [1.54, 1.807) is 0 Å². The lowest BCUT2D eigenvalue weighted by atomic mass is 9.85. The van der Waals surface area contributed by atoms with Gasteiger partial charge < -0.3 is 19.8 Å². The quantitative estimate of drug-likeness (QED) is 0.190. The first kappa shape index (κ1) is 33.5. The minimum atomic E-state index is -0.0149. The molecule has 5 atom stereocenters. The van der Waals surface area contributed by atoms with Crippen molar-refractivity contribution in [1.82, 2.24) is 29.7 Å². The summed E-state index contributed by atoms with van der Waals surface area (Å²) in [6.45, 7) is 16.4. The predicted octanol–water partition coefficient (Wildman–Crippen LogP) is 7.90. The van der Waals surface area contributed by atoms with Crippen LogP contribution in [-0.2, 0) is 9.59 Å². The molecule has 0 bridgehead atoms. The van der Waals surface area contributed by atoms with Gasteiger partial charge in [0.15, 0.2) is 0 Å². The average molecular weight is 647 g/mol. The number of H-pyrrole nitrogens is 2. The van der Waals surface area contributed by atoms with Gasteiger partial charge in [0.2, 0.25) is 11.8 Å². The number of carbonyl (C=O) groups excluding carboxylic acids is 2. The van der Waals surface area contributed by atoms with Gasteiger partial charge in [-0.3, -0.25) is 9.59 Å². The molecular formula is C40H50N6O2. The smallest absolute Gasteiger partial charge is 0.226 e. The van der Waals surface area contributed by atoms with Crippen molar-refractivity contribution in [1.29, 1.82) is 0 Å². The van der Waals surface area contributed by atoms with Crippen molar-refractivity contribution in [2.24, 2.45) is 29.6 Å². The standard InChI is InChI=1S/C40H50N6O2/c1-24(2)26(5)28(7)40(48)46-21-9-11-36(46)38-42-32-19-16-30(22-33(32)43-38)13-12-29-14-17-31(18-15-29)34-23-41-37(44-34)35-10-8-20-45(35)39(47)27(6)25(3)4/h14-19,22-28,35-36H,8-11,20-21H2,1-7H3,(H,41,44)(H,42,43). The van der Waals surface area contributed by atoms with Crippen molar-refractivity contribution in [3.05, 3.63) is 71.4 Å². The molecule has 6 rings (SSSR count). The third-order valence-electron chi connectivity index (χ3n) is 11.0. The molecule has 0 radical (unpaired) electrons. The second-order valence-electron chi connectivity index (χ2n) is 14.7. The fraction of sp³-hybridized carbons (Fsp3) is 0.500. The number of benzene rings is 2. The Labute approximate surface area is 285 Å². The first-order chi connectivity index (χ1) is 23.0. The number of hydrogen-bond donors (Lipinski definition) is 2. The fourth-order valence-electron chi connectivity index (χ4n) is 7.04. The number of amides is 2. The molecule has 2 saturated heterocycles. The largest absolute Gasteiger partial charge is 0.340 e. The van der Waals surface area contributed by atoms with E-state index < -0.39 is 0 Å². The lowest BCUT2D eigenvalue weighted by molar-refractivity contribution is -0.138. The zero-order valence-corrected chi connectivity index (χ0v) is 29.5. The van der Waals surface area contributed by atoms with Gasteiger partial charge in [-0.1, -0.05) is 72.4 Å². The maximum Gasteiger partial charge on any atom is 0.226 e. The van der Waals surface area contributed by atoms with Gasteiger partial charge in [0, 0.05) is 36.1 Å². The molecule has 252 valence electrons. The number of hydrogen-bond acceptors (Lipinski definition) is 4. The van der Waals surface area contributed by atoms with E-state index in [1.807, 2.05) is 53.3 Å². The summed E-state index contributed by atoms with van der Waals surface area (Å²) in [7, 11) is 0. The third-order valence-corrected chi connectivity index (χ3v) is 11.0. The second kappa shape index (κ2) is 14.0. The summed E-state index contributed by atoms with van der Waals surface area (Å²) >= 11 is 0. The Hall–Kier alpha value is -4.38. The summed E-state index contributed by atoms with van der Waals surface area (Å²) in [5.41, 5.74) is 5.62. The van der Waals surface area contributed by atoms with Crippen LogP contribution >= 0.6 is 0 Å². The van der Waals surface area contributed by atoms with Crippen LogP contribution < -0.4 is 0 Å². The molecule has 2 amide bonds. The molecule has 4 heterocycles. The molecule has 0 saturated carbocycles. The van der Waals surface area contributed by atoms with Gasteiger partial charge in [-0.2, -0.15) is 0 Å². The Bertz CT molecular complexity index is 1820. The van der Waals surface area contributed by atoms with Gasteiger partial charge in [-0.25, -0.2) is 9.97 Å². The highest BCUT2D eigenvalue weighted by molar-refractivity contribution is 5.81. The Morgan fingerprint density at radius 2 is 1.35 bits per heavy atom. The van der Waals surface area contributed by atoms with Gasteiger partial charge in [-0.15, -0.1) is 0 Å². The van der Waals surface area contributed by atoms with E-state index in [0.29, 0.717) is 17.8 Å². The van der Waals surface area contributed by atoms with Crippen molar-refractivity contribution in [3.8, 4) is 23.1 Å². The fourth-order valence-corrected chi connectivity index (χ4v) is 7.04. The minimum Gasteiger partial charge on any atom is -0.340 e. The van der Waals surface area contributed by atoms with Crippen LogP contribution in [0.2, 0.25) is 0 Å². The number of rotatable bonds is 8. The summed E-state index contributed by atoms with van der Waals surface area (Å²) in [6.07, 6.45) is 5.71.